The van der Waals surface area contributed by atoms with Crippen LogP contribution in [0.15, 0.2) is 18.2 Å². The van der Waals surface area contributed by atoms with E-state index >= 15 is 0 Å². The molecule has 0 amide bonds. The van der Waals surface area contributed by atoms with Crippen LogP contribution in [0.5, 0.6) is 0 Å². The molecule has 1 aromatic rings. The molecule has 1 heterocycles. The van der Waals surface area contributed by atoms with E-state index in [0.717, 1.165) is 17.5 Å². The number of Topliss-reactive ketones (excluding diaryl/α,β-unsaturated/α-hetero) is 1. The molecule has 1 aromatic carbocycles. The summed E-state index contributed by atoms with van der Waals surface area (Å²) in [7, 11) is 0. The number of hydrogen-bond donors (Lipinski definition) is 0. The summed E-state index contributed by atoms with van der Waals surface area (Å²) in [5.74, 6) is 0.0406. The van der Waals surface area contributed by atoms with Crippen molar-refractivity contribution in [3.63, 3.8) is 0 Å². The van der Waals surface area contributed by atoms with Gasteiger partial charge in [-0.15, -0.1) is 0 Å². The van der Waals surface area contributed by atoms with Crippen molar-refractivity contribution in [3.05, 3.63) is 35.1 Å². The lowest BCUT2D eigenvalue weighted by Crippen LogP contribution is -2.27. The highest BCUT2D eigenvalue weighted by Gasteiger charge is 2.30. The van der Waals surface area contributed by atoms with E-state index in [9.17, 15) is 9.18 Å². The molecule has 3 heteroatoms. The first-order valence-corrected chi connectivity index (χ1v) is 5.97. The summed E-state index contributed by atoms with van der Waals surface area (Å²) in [6.45, 7) is 4.56. The van der Waals surface area contributed by atoms with E-state index in [4.69, 9.17) is 4.74 Å². The van der Waals surface area contributed by atoms with Crippen LogP contribution in [-0.4, -0.2) is 18.5 Å². The molecule has 0 radical (unpaired) electrons. The number of carbonyl (C=O) groups is 1. The molecule has 1 saturated heterocycles. The Morgan fingerprint density at radius 2 is 2.29 bits per heavy atom. The first-order chi connectivity index (χ1) is 8.08. The van der Waals surface area contributed by atoms with Crippen LogP contribution in [-0.2, 0) is 16.0 Å². The van der Waals surface area contributed by atoms with Gasteiger partial charge in [0.05, 0.1) is 0 Å². The number of benzene rings is 1. The van der Waals surface area contributed by atoms with Gasteiger partial charge < -0.3 is 4.74 Å². The quantitative estimate of drug-likeness (QED) is 0.806. The zero-order valence-corrected chi connectivity index (χ0v) is 10.2. The highest BCUT2D eigenvalue weighted by atomic mass is 19.1. The molecule has 1 aliphatic heterocycles. The van der Waals surface area contributed by atoms with E-state index in [1.807, 2.05) is 13.8 Å². The van der Waals surface area contributed by atoms with Crippen molar-refractivity contribution in [3.8, 4) is 0 Å². The number of rotatable bonds is 3. The highest BCUT2D eigenvalue weighted by molar-refractivity contribution is 5.86. The molecule has 1 fully saturated rings. The lowest BCUT2D eigenvalue weighted by Gasteiger charge is -2.14. The molecule has 0 spiro atoms. The van der Waals surface area contributed by atoms with Crippen LogP contribution in [0.25, 0.3) is 0 Å². The second kappa shape index (κ2) is 4.96. The zero-order valence-electron chi connectivity index (χ0n) is 10.2. The Bertz CT molecular complexity index is 428. The van der Waals surface area contributed by atoms with Gasteiger partial charge in [0.2, 0.25) is 0 Å². The number of aryl methyl sites for hydroxylation is 1. The molecule has 2 rings (SSSR count). The fourth-order valence-corrected chi connectivity index (χ4v) is 2.23. The molecular weight excluding hydrogens is 219 g/mol. The second-order valence-corrected chi connectivity index (χ2v) is 4.77. The average Bonchev–Trinajstić information content (AvgIpc) is 2.70. The molecule has 0 N–H and O–H groups in total. The number of ketones is 1. The zero-order chi connectivity index (χ0) is 12.4. The van der Waals surface area contributed by atoms with E-state index in [1.165, 1.54) is 12.1 Å². The minimum atomic E-state index is -0.308. The Hall–Kier alpha value is -1.22. The van der Waals surface area contributed by atoms with Crippen molar-refractivity contribution in [1.82, 2.24) is 0 Å². The second-order valence-electron chi connectivity index (χ2n) is 4.77. The summed E-state index contributed by atoms with van der Waals surface area (Å²) in [6.07, 6.45) is 0.884. The van der Waals surface area contributed by atoms with Gasteiger partial charge in [0, 0.05) is 13.0 Å². The van der Waals surface area contributed by atoms with Gasteiger partial charge in [-0.05, 0) is 42.5 Å². The molecule has 1 aliphatic rings. The van der Waals surface area contributed by atoms with E-state index in [0.29, 0.717) is 6.61 Å². The Morgan fingerprint density at radius 1 is 1.53 bits per heavy atom. The standard InChI is InChI=1S/C14H17FO2/c1-9-3-4-12(15)7-11(9)8-13(16)14-10(2)5-6-17-14/h3-4,7,10,14H,5-6,8H2,1-2H3. The van der Waals surface area contributed by atoms with Gasteiger partial charge in [0.15, 0.2) is 5.78 Å². The van der Waals surface area contributed by atoms with Crippen molar-refractivity contribution in [1.29, 1.82) is 0 Å². The van der Waals surface area contributed by atoms with Gasteiger partial charge in [-0.25, -0.2) is 4.39 Å². The van der Waals surface area contributed by atoms with E-state index in [-0.39, 0.29) is 30.0 Å². The molecule has 92 valence electrons. The number of hydrogen-bond acceptors (Lipinski definition) is 2. The third-order valence-electron chi connectivity index (χ3n) is 3.38. The van der Waals surface area contributed by atoms with Gasteiger partial charge in [0.25, 0.3) is 0 Å². The molecule has 2 nitrogen and oxygen atoms in total. The van der Waals surface area contributed by atoms with Gasteiger partial charge in [0.1, 0.15) is 11.9 Å². The third-order valence-corrected chi connectivity index (χ3v) is 3.38. The summed E-state index contributed by atoms with van der Waals surface area (Å²) in [4.78, 5) is 12.0. The number of ether oxygens (including phenoxy) is 1. The Balaban J connectivity index is 2.10. The first-order valence-electron chi connectivity index (χ1n) is 5.97. The predicted octanol–water partition coefficient (Wildman–Crippen LogP) is 2.67. The summed E-state index contributed by atoms with van der Waals surface area (Å²) < 4.78 is 18.5. The topological polar surface area (TPSA) is 26.3 Å². The van der Waals surface area contributed by atoms with E-state index in [1.54, 1.807) is 6.07 Å². The molecule has 0 aromatic heterocycles. The summed E-state index contributed by atoms with van der Waals surface area (Å²) in [5, 5.41) is 0. The third kappa shape index (κ3) is 2.72. The van der Waals surface area contributed by atoms with Gasteiger partial charge >= 0.3 is 0 Å². The average molecular weight is 236 g/mol. The summed E-state index contributed by atoms with van der Waals surface area (Å²) in [5.41, 5.74) is 1.71. The first kappa shape index (κ1) is 12.2. The summed E-state index contributed by atoms with van der Waals surface area (Å²) >= 11 is 0. The Morgan fingerprint density at radius 3 is 2.94 bits per heavy atom. The van der Waals surface area contributed by atoms with Crippen LogP contribution in [0.2, 0.25) is 0 Å². The molecule has 0 bridgehead atoms. The molecule has 2 unspecified atom stereocenters. The lowest BCUT2D eigenvalue weighted by molar-refractivity contribution is -0.128. The van der Waals surface area contributed by atoms with Crippen molar-refractivity contribution in [2.75, 3.05) is 6.61 Å². The molecule has 0 aliphatic carbocycles. The van der Waals surface area contributed by atoms with Crippen LogP contribution in [0, 0.1) is 18.7 Å². The Kier molecular flexibility index (Phi) is 3.57. The minimum Gasteiger partial charge on any atom is -0.370 e. The maximum absolute atomic E-state index is 13.1. The van der Waals surface area contributed by atoms with Gasteiger partial charge in [-0.1, -0.05) is 13.0 Å². The van der Waals surface area contributed by atoms with Crippen LogP contribution in [0.1, 0.15) is 24.5 Å². The monoisotopic (exact) mass is 236 g/mol. The fourth-order valence-electron chi connectivity index (χ4n) is 2.23. The lowest BCUT2D eigenvalue weighted by atomic mass is 9.95. The van der Waals surface area contributed by atoms with Crippen LogP contribution in [0.4, 0.5) is 4.39 Å². The minimum absolute atomic E-state index is 0.0590. The molecule has 0 saturated carbocycles. The van der Waals surface area contributed by atoms with Crippen molar-refractivity contribution < 1.29 is 13.9 Å². The maximum Gasteiger partial charge on any atom is 0.166 e. The maximum atomic E-state index is 13.1. The fraction of sp³-hybridized carbons (Fsp3) is 0.500. The highest BCUT2D eigenvalue weighted by Crippen LogP contribution is 2.23. The normalized spacial score (nSPS) is 23.9. The number of carbonyl (C=O) groups excluding carboxylic acids is 1. The molecule has 17 heavy (non-hydrogen) atoms. The van der Waals surface area contributed by atoms with Crippen LogP contribution in [0.3, 0.4) is 0 Å². The van der Waals surface area contributed by atoms with Gasteiger partial charge in [-0.3, -0.25) is 4.79 Å². The van der Waals surface area contributed by atoms with Crippen molar-refractivity contribution in [2.45, 2.75) is 32.8 Å². The number of halogens is 1. The van der Waals surface area contributed by atoms with E-state index < -0.39 is 0 Å². The SMILES string of the molecule is Cc1ccc(F)cc1CC(=O)C1OCCC1C. The van der Waals surface area contributed by atoms with E-state index in [2.05, 4.69) is 0 Å². The van der Waals surface area contributed by atoms with Crippen molar-refractivity contribution in [2.24, 2.45) is 5.92 Å². The molecular formula is C14H17FO2. The molecule has 2 atom stereocenters. The Labute approximate surface area is 101 Å². The largest absolute Gasteiger partial charge is 0.370 e. The van der Waals surface area contributed by atoms with Crippen molar-refractivity contribution >= 4 is 5.78 Å². The van der Waals surface area contributed by atoms with Crippen LogP contribution >= 0.6 is 0 Å². The predicted molar refractivity (Wildman–Crippen MR) is 63.4 cm³/mol. The summed E-state index contributed by atoms with van der Waals surface area (Å²) in [6, 6.07) is 4.56. The smallest absolute Gasteiger partial charge is 0.166 e. The van der Waals surface area contributed by atoms with Gasteiger partial charge in [-0.2, -0.15) is 0 Å². The van der Waals surface area contributed by atoms with Crippen LogP contribution < -0.4 is 0 Å².